The Labute approximate surface area is 179 Å². The molecule has 0 aromatic heterocycles. The molecule has 6 nitrogen and oxygen atoms in total. The molecule has 1 heterocycles. The van der Waals surface area contributed by atoms with E-state index in [9.17, 15) is 13.2 Å². The van der Waals surface area contributed by atoms with Crippen molar-refractivity contribution in [1.29, 1.82) is 0 Å². The summed E-state index contributed by atoms with van der Waals surface area (Å²) in [4.78, 5) is 12.4. The van der Waals surface area contributed by atoms with E-state index >= 15 is 0 Å². The minimum Gasteiger partial charge on any atom is -0.492 e. The molecule has 0 saturated carbocycles. The van der Waals surface area contributed by atoms with E-state index in [0.29, 0.717) is 44.0 Å². The van der Waals surface area contributed by atoms with Crippen LogP contribution in [0.1, 0.15) is 36.8 Å². The van der Waals surface area contributed by atoms with Gasteiger partial charge in [-0.3, -0.25) is 4.79 Å². The van der Waals surface area contributed by atoms with E-state index in [4.69, 9.17) is 4.74 Å². The molecular weight excluding hydrogens is 400 g/mol. The molecule has 1 aliphatic heterocycles. The zero-order valence-electron chi connectivity index (χ0n) is 17.5. The molecular formula is C23H30N2O4S. The number of nitrogens with zero attached hydrogens (tertiary/aromatic N) is 1. The first-order valence-electron chi connectivity index (χ1n) is 10.5. The topological polar surface area (TPSA) is 75.7 Å². The number of aryl methyl sites for hydroxylation is 2. The molecule has 2 aromatic rings. The summed E-state index contributed by atoms with van der Waals surface area (Å²) < 4.78 is 32.6. The Kier molecular flexibility index (Phi) is 7.87. The van der Waals surface area contributed by atoms with Crippen LogP contribution in [-0.4, -0.2) is 44.9 Å². The summed E-state index contributed by atoms with van der Waals surface area (Å²) >= 11 is 0. The average Bonchev–Trinajstić information content (AvgIpc) is 2.76. The molecule has 0 spiro atoms. The fraction of sp³-hybridized carbons (Fsp3) is 0.435. The number of carbonyl (C=O) groups is 1. The van der Waals surface area contributed by atoms with Crippen molar-refractivity contribution in [3.63, 3.8) is 0 Å². The van der Waals surface area contributed by atoms with Gasteiger partial charge in [0.05, 0.1) is 11.4 Å². The fourth-order valence-corrected chi connectivity index (χ4v) is 5.01. The van der Waals surface area contributed by atoms with E-state index in [1.165, 1.54) is 0 Å². The third-order valence-electron chi connectivity index (χ3n) is 5.20. The molecule has 1 fully saturated rings. The van der Waals surface area contributed by atoms with E-state index in [1.807, 2.05) is 31.2 Å². The van der Waals surface area contributed by atoms with Crippen LogP contribution in [0, 0.1) is 6.92 Å². The number of benzene rings is 2. The van der Waals surface area contributed by atoms with Gasteiger partial charge in [0.15, 0.2) is 0 Å². The van der Waals surface area contributed by atoms with E-state index in [2.05, 4.69) is 5.32 Å². The monoisotopic (exact) mass is 430 g/mol. The van der Waals surface area contributed by atoms with Crippen LogP contribution < -0.4 is 10.1 Å². The van der Waals surface area contributed by atoms with Crippen molar-refractivity contribution in [2.45, 2.75) is 43.9 Å². The van der Waals surface area contributed by atoms with Gasteiger partial charge in [-0.1, -0.05) is 30.7 Å². The Bertz CT molecular complexity index is 936. The summed E-state index contributed by atoms with van der Waals surface area (Å²) in [5, 5.41) is 2.85. The quantitative estimate of drug-likeness (QED) is 0.620. The van der Waals surface area contributed by atoms with Gasteiger partial charge in [-0.2, -0.15) is 4.31 Å². The Morgan fingerprint density at radius 3 is 2.50 bits per heavy atom. The Morgan fingerprint density at radius 1 is 1.07 bits per heavy atom. The largest absolute Gasteiger partial charge is 0.492 e. The van der Waals surface area contributed by atoms with Crippen molar-refractivity contribution in [2.24, 2.45) is 0 Å². The van der Waals surface area contributed by atoms with Crippen molar-refractivity contribution in [1.82, 2.24) is 9.62 Å². The average molecular weight is 431 g/mol. The number of amides is 1. The molecule has 0 atom stereocenters. The van der Waals surface area contributed by atoms with Crippen molar-refractivity contribution in [3.8, 4) is 5.75 Å². The third-order valence-corrected chi connectivity index (χ3v) is 7.11. The molecule has 7 heteroatoms. The molecule has 1 N–H and O–H groups in total. The van der Waals surface area contributed by atoms with Gasteiger partial charge in [0, 0.05) is 19.5 Å². The molecule has 3 rings (SSSR count). The number of hydrogen-bond acceptors (Lipinski definition) is 4. The second-order valence-corrected chi connectivity index (χ2v) is 9.56. The van der Waals surface area contributed by atoms with Gasteiger partial charge in [0.1, 0.15) is 12.4 Å². The van der Waals surface area contributed by atoms with Crippen LogP contribution in [0.4, 0.5) is 0 Å². The molecule has 0 aliphatic carbocycles. The Hall–Kier alpha value is -2.38. The van der Waals surface area contributed by atoms with Crippen molar-refractivity contribution in [3.05, 3.63) is 59.7 Å². The van der Waals surface area contributed by atoms with Gasteiger partial charge in [-0.15, -0.1) is 0 Å². The highest BCUT2D eigenvalue weighted by Crippen LogP contribution is 2.21. The molecule has 1 aliphatic rings. The van der Waals surface area contributed by atoms with E-state index in [-0.39, 0.29) is 5.91 Å². The molecule has 1 saturated heterocycles. The minimum absolute atomic E-state index is 0.0483. The fourth-order valence-electron chi connectivity index (χ4n) is 3.49. The first-order chi connectivity index (χ1) is 14.4. The summed E-state index contributed by atoms with van der Waals surface area (Å²) in [6, 6.07) is 14.7. The Morgan fingerprint density at radius 2 is 1.80 bits per heavy atom. The number of ether oxygens (including phenoxy) is 1. The predicted octanol–water partition coefficient (Wildman–Crippen LogP) is 3.30. The zero-order valence-corrected chi connectivity index (χ0v) is 18.3. The summed E-state index contributed by atoms with van der Waals surface area (Å²) in [5.74, 6) is 0.747. The predicted molar refractivity (Wildman–Crippen MR) is 117 cm³/mol. The summed E-state index contributed by atoms with van der Waals surface area (Å²) in [7, 11) is -3.41. The van der Waals surface area contributed by atoms with Crippen LogP contribution in [0.5, 0.6) is 5.75 Å². The lowest BCUT2D eigenvalue weighted by molar-refractivity contribution is -0.121. The van der Waals surface area contributed by atoms with Crippen LogP contribution in [-0.2, 0) is 21.2 Å². The molecule has 0 unspecified atom stereocenters. The maximum atomic E-state index is 12.7. The first-order valence-corrected chi connectivity index (χ1v) is 11.9. The van der Waals surface area contributed by atoms with Gasteiger partial charge in [0.25, 0.3) is 0 Å². The smallest absolute Gasteiger partial charge is 0.243 e. The van der Waals surface area contributed by atoms with Gasteiger partial charge < -0.3 is 10.1 Å². The lowest BCUT2D eigenvalue weighted by Crippen LogP contribution is -2.35. The lowest BCUT2D eigenvalue weighted by Gasteiger charge is -2.25. The zero-order chi connectivity index (χ0) is 21.4. The Balaban J connectivity index is 1.40. The van der Waals surface area contributed by atoms with Crippen LogP contribution >= 0.6 is 0 Å². The number of sulfonamides is 1. The van der Waals surface area contributed by atoms with Gasteiger partial charge in [-0.25, -0.2) is 8.42 Å². The number of hydrogen-bond donors (Lipinski definition) is 1. The summed E-state index contributed by atoms with van der Waals surface area (Å²) in [5.41, 5.74) is 2.07. The normalized spacial score (nSPS) is 15.0. The van der Waals surface area contributed by atoms with E-state index in [0.717, 1.165) is 36.1 Å². The molecule has 162 valence electrons. The van der Waals surface area contributed by atoms with Gasteiger partial charge >= 0.3 is 0 Å². The standard InChI is InChI=1S/C23H30N2O4S/c1-19-6-5-7-21(18-19)29-17-14-24-23(26)13-10-20-8-11-22(12-9-20)30(27,28)25-15-3-2-4-16-25/h5-9,11-12,18H,2-4,10,13-17H2,1H3,(H,24,26). The van der Waals surface area contributed by atoms with Crippen LogP contribution in [0.3, 0.4) is 0 Å². The molecule has 30 heavy (non-hydrogen) atoms. The van der Waals surface area contributed by atoms with Crippen LogP contribution in [0.25, 0.3) is 0 Å². The van der Waals surface area contributed by atoms with E-state index in [1.54, 1.807) is 28.6 Å². The van der Waals surface area contributed by atoms with Crippen molar-refractivity contribution in [2.75, 3.05) is 26.2 Å². The third kappa shape index (κ3) is 6.31. The van der Waals surface area contributed by atoms with E-state index < -0.39 is 10.0 Å². The molecule has 1 amide bonds. The van der Waals surface area contributed by atoms with Crippen molar-refractivity contribution >= 4 is 15.9 Å². The lowest BCUT2D eigenvalue weighted by atomic mass is 10.1. The minimum atomic E-state index is -3.41. The second kappa shape index (κ2) is 10.6. The second-order valence-electron chi connectivity index (χ2n) is 7.62. The number of piperidine rings is 1. The maximum Gasteiger partial charge on any atom is 0.243 e. The summed E-state index contributed by atoms with van der Waals surface area (Å²) in [6.07, 6.45) is 3.84. The van der Waals surface area contributed by atoms with Crippen LogP contribution in [0.2, 0.25) is 0 Å². The van der Waals surface area contributed by atoms with Crippen LogP contribution in [0.15, 0.2) is 53.4 Å². The maximum absolute atomic E-state index is 12.7. The highest BCUT2D eigenvalue weighted by molar-refractivity contribution is 7.89. The van der Waals surface area contributed by atoms with Gasteiger partial charge in [-0.05, 0) is 61.6 Å². The highest BCUT2D eigenvalue weighted by atomic mass is 32.2. The van der Waals surface area contributed by atoms with Gasteiger partial charge in [0.2, 0.25) is 15.9 Å². The number of carbonyl (C=O) groups excluding carboxylic acids is 1. The van der Waals surface area contributed by atoms with Crippen molar-refractivity contribution < 1.29 is 17.9 Å². The SMILES string of the molecule is Cc1cccc(OCCNC(=O)CCc2ccc(S(=O)(=O)N3CCCCC3)cc2)c1. The number of nitrogens with one attached hydrogen (secondary N) is 1. The molecule has 2 aromatic carbocycles. The number of rotatable bonds is 9. The first kappa shape index (κ1) is 22.3. The summed E-state index contributed by atoms with van der Waals surface area (Å²) in [6.45, 7) is 4.05. The highest BCUT2D eigenvalue weighted by Gasteiger charge is 2.25. The molecule has 0 bridgehead atoms. The molecule has 0 radical (unpaired) electrons.